The summed E-state index contributed by atoms with van der Waals surface area (Å²) >= 11 is 0. The Morgan fingerprint density at radius 3 is 2.62 bits per heavy atom. The standard InChI is InChI=1S/C10H16F2N4/c1-6(5-16(2)3)14-10-8(12)4-7(11)9(13)15-10/h4,6H,5H2,1-3H3,(H3,13,14,15). The van der Waals surface area contributed by atoms with Gasteiger partial charge in [0.15, 0.2) is 23.3 Å². The van der Waals surface area contributed by atoms with Crippen LogP contribution in [-0.4, -0.2) is 36.6 Å². The van der Waals surface area contributed by atoms with Gasteiger partial charge in [0, 0.05) is 18.7 Å². The van der Waals surface area contributed by atoms with E-state index < -0.39 is 11.6 Å². The number of nitrogens with one attached hydrogen (secondary N) is 1. The Morgan fingerprint density at radius 2 is 2.06 bits per heavy atom. The van der Waals surface area contributed by atoms with Gasteiger partial charge < -0.3 is 16.0 Å². The molecule has 16 heavy (non-hydrogen) atoms. The largest absolute Gasteiger partial charge is 0.381 e. The van der Waals surface area contributed by atoms with Crippen molar-refractivity contribution in [2.75, 3.05) is 31.7 Å². The van der Waals surface area contributed by atoms with Crippen LogP contribution in [0.4, 0.5) is 20.4 Å². The molecule has 0 saturated heterocycles. The molecule has 0 bridgehead atoms. The van der Waals surface area contributed by atoms with E-state index in [0.717, 1.165) is 6.07 Å². The second-order valence-corrected chi connectivity index (χ2v) is 3.99. The topological polar surface area (TPSA) is 54.2 Å². The average molecular weight is 230 g/mol. The molecule has 0 radical (unpaired) electrons. The lowest BCUT2D eigenvalue weighted by atomic mass is 10.3. The molecule has 0 aliphatic carbocycles. The van der Waals surface area contributed by atoms with E-state index in [-0.39, 0.29) is 17.7 Å². The van der Waals surface area contributed by atoms with E-state index in [1.807, 2.05) is 25.9 Å². The first-order valence-electron chi connectivity index (χ1n) is 4.93. The first-order chi connectivity index (χ1) is 7.40. The normalized spacial score (nSPS) is 12.9. The highest BCUT2D eigenvalue weighted by Gasteiger charge is 2.12. The van der Waals surface area contributed by atoms with Gasteiger partial charge in [-0.2, -0.15) is 0 Å². The van der Waals surface area contributed by atoms with Gasteiger partial charge in [-0.05, 0) is 21.0 Å². The summed E-state index contributed by atoms with van der Waals surface area (Å²) in [5.41, 5.74) is 5.26. The summed E-state index contributed by atoms with van der Waals surface area (Å²) in [5, 5.41) is 2.84. The van der Waals surface area contributed by atoms with Crippen LogP contribution >= 0.6 is 0 Å². The molecule has 0 spiro atoms. The average Bonchev–Trinajstić information content (AvgIpc) is 2.12. The van der Waals surface area contributed by atoms with Crippen molar-refractivity contribution in [2.45, 2.75) is 13.0 Å². The molecule has 4 nitrogen and oxygen atoms in total. The quantitative estimate of drug-likeness (QED) is 0.818. The van der Waals surface area contributed by atoms with Crippen LogP contribution in [0.3, 0.4) is 0 Å². The van der Waals surface area contributed by atoms with Crippen molar-refractivity contribution in [1.82, 2.24) is 9.88 Å². The van der Waals surface area contributed by atoms with Crippen LogP contribution in [0.1, 0.15) is 6.92 Å². The van der Waals surface area contributed by atoms with Gasteiger partial charge in [0.25, 0.3) is 0 Å². The third-order valence-electron chi connectivity index (χ3n) is 1.98. The van der Waals surface area contributed by atoms with Crippen molar-refractivity contribution in [3.05, 3.63) is 17.7 Å². The van der Waals surface area contributed by atoms with E-state index in [9.17, 15) is 8.78 Å². The molecule has 0 saturated carbocycles. The highest BCUT2D eigenvalue weighted by molar-refractivity contribution is 5.45. The van der Waals surface area contributed by atoms with Crippen molar-refractivity contribution in [2.24, 2.45) is 0 Å². The molecule has 0 fully saturated rings. The van der Waals surface area contributed by atoms with Gasteiger partial charge in [-0.15, -0.1) is 0 Å². The molecule has 3 N–H and O–H groups in total. The lowest BCUT2D eigenvalue weighted by Gasteiger charge is -2.19. The van der Waals surface area contributed by atoms with E-state index in [0.29, 0.717) is 6.54 Å². The third kappa shape index (κ3) is 3.30. The first-order valence-corrected chi connectivity index (χ1v) is 4.93. The van der Waals surface area contributed by atoms with Gasteiger partial charge in [0.05, 0.1) is 0 Å². The fraction of sp³-hybridized carbons (Fsp3) is 0.500. The van der Waals surface area contributed by atoms with Gasteiger partial charge in [-0.3, -0.25) is 0 Å². The molecule has 1 aromatic rings. The fourth-order valence-electron chi connectivity index (χ4n) is 1.41. The molecule has 0 aliphatic heterocycles. The van der Waals surface area contributed by atoms with E-state index >= 15 is 0 Å². The van der Waals surface area contributed by atoms with Crippen LogP contribution in [0.2, 0.25) is 0 Å². The van der Waals surface area contributed by atoms with Crippen LogP contribution in [0.15, 0.2) is 6.07 Å². The Hall–Kier alpha value is -1.43. The van der Waals surface area contributed by atoms with E-state index in [1.54, 1.807) is 0 Å². The summed E-state index contributed by atoms with van der Waals surface area (Å²) in [4.78, 5) is 5.56. The summed E-state index contributed by atoms with van der Waals surface area (Å²) in [6.45, 7) is 2.58. The number of nitrogens with zero attached hydrogens (tertiary/aromatic N) is 2. The zero-order chi connectivity index (χ0) is 12.3. The highest BCUT2D eigenvalue weighted by Crippen LogP contribution is 2.17. The number of anilines is 2. The molecule has 0 aromatic carbocycles. The molecule has 6 heteroatoms. The SMILES string of the molecule is CC(CN(C)C)Nc1nc(N)c(F)cc1F. The fourth-order valence-corrected chi connectivity index (χ4v) is 1.41. The molecular formula is C10H16F2N4. The van der Waals surface area contributed by atoms with Gasteiger partial charge in [0.1, 0.15) is 0 Å². The molecule has 1 atom stereocenters. The number of likely N-dealkylation sites (N-methyl/N-ethyl adjacent to an activating group) is 1. The summed E-state index contributed by atoms with van der Waals surface area (Å²) in [5.74, 6) is -1.91. The Balaban J connectivity index is 2.77. The lowest BCUT2D eigenvalue weighted by Crippen LogP contribution is -2.30. The van der Waals surface area contributed by atoms with Gasteiger partial charge >= 0.3 is 0 Å². The van der Waals surface area contributed by atoms with Crippen molar-refractivity contribution in [3.63, 3.8) is 0 Å². The number of rotatable bonds is 4. The summed E-state index contributed by atoms with van der Waals surface area (Å²) in [6.07, 6.45) is 0. The molecule has 0 amide bonds. The van der Waals surface area contributed by atoms with Crippen molar-refractivity contribution in [3.8, 4) is 0 Å². The zero-order valence-electron chi connectivity index (χ0n) is 9.59. The molecule has 1 unspecified atom stereocenters. The predicted octanol–water partition coefficient (Wildman–Crippen LogP) is 1.30. The molecular weight excluding hydrogens is 214 g/mol. The maximum Gasteiger partial charge on any atom is 0.168 e. The van der Waals surface area contributed by atoms with E-state index in [2.05, 4.69) is 10.3 Å². The second-order valence-electron chi connectivity index (χ2n) is 3.99. The van der Waals surface area contributed by atoms with Crippen LogP contribution in [0, 0.1) is 11.6 Å². The first kappa shape index (κ1) is 12.6. The van der Waals surface area contributed by atoms with Gasteiger partial charge in [-0.25, -0.2) is 13.8 Å². The van der Waals surface area contributed by atoms with Crippen molar-refractivity contribution < 1.29 is 8.78 Å². The number of hydrogen-bond donors (Lipinski definition) is 2. The predicted molar refractivity (Wildman–Crippen MR) is 60.2 cm³/mol. The maximum atomic E-state index is 13.3. The van der Waals surface area contributed by atoms with Crippen molar-refractivity contribution in [1.29, 1.82) is 0 Å². The Kier molecular flexibility index (Phi) is 4.00. The minimum Gasteiger partial charge on any atom is -0.381 e. The number of hydrogen-bond acceptors (Lipinski definition) is 4. The monoisotopic (exact) mass is 230 g/mol. The molecule has 1 rings (SSSR count). The van der Waals surface area contributed by atoms with E-state index in [4.69, 9.17) is 5.73 Å². The van der Waals surface area contributed by atoms with Crippen LogP contribution in [0.5, 0.6) is 0 Å². The summed E-state index contributed by atoms with van der Waals surface area (Å²) in [7, 11) is 3.81. The molecule has 0 aliphatic rings. The highest BCUT2D eigenvalue weighted by atomic mass is 19.1. The molecule has 1 heterocycles. The zero-order valence-corrected chi connectivity index (χ0v) is 9.59. The van der Waals surface area contributed by atoms with Crippen molar-refractivity contribution >= 4 is 11.6 Å². The van der Waals surface area contributed by atoms with Crippen LogP contribution in [0.25, 0.3) is 0 Å². The van der Waals surface area contributed by atoms with Gasteiger partial charge in [-0.1, -0.05) is 0 Å². The number of nitrogen functional groups attached to an aromatic ring is 1. The Bertz CT molecular complexity index is 368. The Labute approximate surface area is 93.5 Å². The number of halogens is 2. The third-order valence-corrected chi connectivity index (χ3v) is 1.98. The molecule has 1 aromatic heterocycles. The van der Waals surface area contributed by atoms with E-state index in [1.165, 1.54) is 0 Å². The number of aromatic nitrogens is 1. The molecule has 90 valence electrons. The maximum absolute atomic E-state index is 13.3. The van der Waals surface area contributed by atoms with Gasteiger partial charge in [0.2, 0.25) is 0 Å². The lowest BCUT2D eigenvalue weighted by molar-refractivity contribution is 0.391. The van der Waals surface area contributed by atoms with Crippen LogP contribution in [-0.2, 0) is 0 Å². The van der Waals surface area contributed by atoms with Crippen LogP contribution < -0.4 is 11.1 Å². The second kappa shape index (κ2) is 5.07. The minimum absolute atomic E-state index is 0.0122. The minimum atomic E-state index is -0.844. The summed E-state index contributed by atoms with van der Waals surface area (Å²) < 4.78 is 26.1. The summed E-state index contributed by atoms with van der Waals surface area (Å²) in [6, 6.07) is 0.717. The smallest absolute Gasteiger partial charge is 0.168 e. The number of pyridine rings is 1. The Morgan fingerprint density at radius 1 is 1.44 bits per heavy atom. The number of nitrogens with two attached hydrogens (primary N) is 1.